The zero-order valence-electron chi connectivity index (χ0n) is 16.7. The lowest BCUT2D eigenvalue weighted by atomic mass is 10.2. The Labute approximate surface area is 177 Å². The van der Waals surface area contributed by atoms with Crippen molar-refractivity contribution < 1.29 is 23.2 Å². The molecule has 0 saturated carbocycles. The molecule has 0 amide bonds. The third-order valence-electron chi connectivity index (χ3n) is 4.67. The third-order valence-corrected chi connectivity index (χ3v) is 4.67. The first-order valence-corrected chi connectivity index (χ1v) is 9.92. The van der Waals surface area contributed by atoms with Gasteiger partial charge >= 0.3 is 12.2 Å². The van der Waals surface area contributed by atoms with Crippen molar-refractivity contribution in [3.63, 3.8) is 0 Å². The second-order valence-corrected chi connectivity index (χ2v) is 6.98. The Hall–Kier alpha value is -3.40. The minimum atomic E-state index is -4.49. The van der Waals surface area contributed by atoms with Gasteiger partial charge in [-0.15, -0.1) is 0 Å². The van der Waals surface area contributed by atoms with Gasteiger partial charge in [-0.2, -0.15) is 28.1 Å². The Kier molecular flexibility index (Phi) is 6.17. The molecule has 31 heavy (non-hydrogen) atoms. The van der Waals surface area contributed by atoms with E-state index in [0.29, 0.717) is 19.0 Å². The minimum absolute atomic E-state index is 0.189. The summed E-state index contributed by atoms with van der Waals surface area (Å²) in [4.78, 5) is 16.7. The fourth-order valence-corrected chi connectivity index (χ4v) is 3.27. The molecule has 2 heterocycles. The smallest absolute Gasteiger partial charge is 0.422 e. The molecule has 0 aliphatic carbocycles. The zero-order valence-corrected chi connectivity index (χ0v) is 16.7. The van der Waals surface area contributed by atoms with Gasteiger partial charge in [-0.05, 0) is 24.3 Å². The van der Waals surface area contributed by atoms with Crippen molar-refractivity contribution in [2.45, 2.75) is 6.18 Å². The Morgan fingerprint density at radius 1 is 0.871 bits per heavy atom. The van der Waals surface area contributed by atoms with Crippen LogP contribution in [0.2, 0.25) is 0 Å². The standard InChI is InChI=1S/C21H21F3N6O/c22-21(23,24)15-31-20-27-18(29-13-11-25-12-14-29)26-19(28-20)30(16-7-3-1-4-8-16)17-9-5-2-6-10-17/h1-10,25H,11-15H2/p+1. The number of anilines is 4. The molecule has 1 fully saturated rings. The monoisotopic (exact) mass is 431 g/mol. The SMILES string of the molecule is FC(F)(F)COc1nc(N2CC[NH2+]CC2)nc(N(c2ccccc2)c2ccccc2)n1. The largest absolute Gasteiger partial charge is 0.454 e. The lowest BCUT2D eigenvalue weighted by molar-refractivity contribution is -0.655. The van der Waals surface area contributed by atoms with E-state index in [-0.39, 0.29) is 12.0 Å². The number of hydrogen-bond donors (Lipinski definition) is 1. The summed E-state index contributed by atoms with van der Waals surface area (Å²) in [6.45, 7) is 1.58. The van der Waals surface area contributed by atoms with Gasteiger partial charge in [-0.1, -0.05) is 36.4 Å². The molecule has 2 N–H and O–H groups in total. The number of para-hydroxylation sites is 2. The molecule has 0 unspecified atom stereocenters. The van der Waals surface area contributed by atoms with Gasteiger partial charge in [0.25, 0.3) is 0 Å². The first-order chi connectivity index (χ1) is 15.0. The minimum Gasteiger partial charge on any atom is -0.454 e. The van der Waals surface area contributed by atoms with Gasteiger partial charge in [-0.3, -0.25) is 4.90 Å². The van der Waals surface area contributed by atoms with Crippen LogP contribution in [0.25, 0.3) is 0 Å². The number of benzene rings is 2. The third kappa shape index (κ3) is 5.40. The Balaban J connectivity index is 1.79. The lowest BCUT2D eigenvalue weighted by Crippen LogP contribution is -2.89. The van der Waals surface area contributed by atoms with Crippen LogP contribution in [0.5, 0.6) is 6.01 Å². The predicted molar refractivity (Wildman–Crippen MR) is 110 cm³/mol. The number of hydrogen-bond acceptors (Lipinski definition) is 6. The molecule has 162 valence electrons. The van der Waals surface area contributed by atoms with Crippen molar-refractivity contribution in [2.24, 2.45) is 0 Å². The number of halogens is 3. The molecule has 2 aromatic carbocycles. The van der Waals surface area contributed by atoms with Crippen LogP contribution in [-0.4, -0.2) is 53.9 Å². The van der Waals surface area contributed by atoms with Crippen LogP contribution in [0.3, 0.4) is 0 Å². The fourth-order valence-electron chi connectivity index (χ4n) is 3.27. The van der Waals surface area contributed by atoms with E-state index >= 15 is 0 Å². The number of aromatic nitrogens is 3. The summed E-state index contributed by atoms with van der Waals surface area (Å²) < 4.78 is 43.2. The van der Waals surface area contributed by atoms with E-state index in [0.717, 1.165) is 24.5 Å². The molecule has 1 aliphatic heterocycles. The summed E-state index contributed by atoms with van der Waals surface area (Å²) in [6.07, 6.45) is -4.49. The van der Waals surface area contributed by atoms with Crippen molar-refractivity contribution in [1.82, 2.24) is 15.0 Å². The molecule has 1 aromatic heterocycles. The summed E-state index contributed by atoms with van der Waals surface area (Å²) in [6, 6.07) is 18.4. The molecule has 4 rings (SSSR count). The summed E-state index contributed by atoms with van der Waals surface area (Å²) in [5, 5.41) is 2.17. The number of ether oxygens (including phenoxy) is 1. The maximum absolute atomic E-state index is 12.8. The molecule has 3 aromatic rings. The molecular formula is C21H22F3N6O+. The van der Waals surface area contributed by atoms with Gasteiger partial charge in [0.2, 0.25) is 11.9 Å². The number of alkyl halides is 3. The quantitative estimate of drug-likeness (QED) is 0.647. The van der Waals surface area contributed by atoms with Crippen LogP contribution in [0, 0.1) is 0 Å². The number of rotatable bonds is 6. The van der Waals surface area contributed by atoms with Crippen LogP contribution in [0.1, 0.15) is 0 Å². The highest BCUT2D eigenvalue weighted by Crippen LogP contribution is 2.33. The van der Waals surface area contributed by atoms with Crippen LogP contribution < -0.4 is 19.9 Å². The van der Waals surface area contributed by atoms with Gasteiger partial charge in [0, 0.05) is 11.4 Å². The molecule has 7 nitrogen and oxygen atoms in total. The summed E-state index contributed by atoms with van der Waals surface area (Å²) in [5.41, 5.74) is 1.53. The van der Waals surface area contributed by atoms with E-state index < -0.39 is 12.8 Å². The fraction of sp³-hybridized carbons (Fsp3) is 0.286. The first-order valence-electron chi connectivity index (χ1n) is 9.92. The number of nitrogens with zero attached hydrogens (tertiary/aromatic N) is 5. The highest BCUT2D eigenvalue weighted by atomic mass is 19.4. The van der Waals surface area contributed by atoms with E-state index in [1.165, 1.54) is 0 Å². The number of nitrogens with two attached hydrogens (primary N) is 1. The second kappa shape index (κ2) is 9.17. The molecule has 0 radical (unpaired) electrons. The average molecular weight is 431 g/mol. The first kappa shape index (κ1) is 20.9. The van der Waals surface area contributed by atoms with Gasteiger partial charge < -0.3 is 15.0 Å². The van der Waals surface area contributed by atoms with Crippen molar-refractivity contribution >= 4 is 23.3 Å². The van der Waals surface area contributed by atoms with Crippen molar-refractivity contribution in [2.75, 3.05) is 42.6 Å². The topological polar surface area (TPSA) is 71.0 Å². The van der Waals surface area contributed by atoms with E-state index in [9.17, 15) is 13.2 Å². The summed E-state index contributed by atoms with van der Waals surface area (Å²) >= 11 is 0. The summed E-state index contributed by atoms with van der Waals surface area (Å²) in [5.74, 6) is 0.487. The molecule has 0 atom stereocenters. The Morgan fingerprint density at radius 3 is 2.00 bits per heavy atom. The average Bonchev–Trinajstić information content (AvgIpc) is 2.79. The number of piperazine rings is 1. The Morgan fingerprint density at radius 2 is 1.45 bits per heavy atom. The maximum atomic E-state index is 12.8. The summed E-state index contributed by atoms with van der Waals surface area (Å²) in [7, 11) is 0. The van der Waals surface area contributed by atoms with Crippen molar-refractivity contribution in [3.8, 4) is 6.01 Å². The number of quaternary nitrogens is 1. The van der Waals surface area contributed by atoms with Crippen LogP contribution in [0.15, 0.2) is 60.7 Å². The zero-order chi connectivity index (χ0) is 21.7. The van der Waals surface area contributed by atoms with Gasteiger partial charge in [0.15, 0.2) is 6.61 Å². The maximum Gasteiger partial charge on any atom is 0.422 e. The second-order valence-electron chi connectivity index (χ2n) is 6.98. The normalized spacial score (nSPS) is 14.4. The van der Waals surface area contributed by atoms with Gasteiger partial charge in [0.1, 0.15) is 0 Å². The van der Waals surface area contributed by atoms with Crippen molar-refractivity contribution in [1.29, 1.82) is 0 Å². The highest BCUT2D eigenvalue weighted by Gasteiger charge is 2.30. The van der Waals surface area contributed by atoms with Crippen molar-refractivity contribution in [3.05, 3.63) is 60.7 Å². The molecular weight excluding hydrogens is 409 g/mol. The lowest BCUT2D eigenvalue weighted by Gasteiger charge is -2.28. The van der Waals surface area contributed by atoms with E-state index in [4.69, 9.17) is 4.74 Å². The molecule has 0 spiro atoms. The van der Waals surface area contributed by atoms with Gasteiger partial charge in [0.05, 0.1) is 26.2 Å². The van der Waals surface area contributed by atoms with E-state index in [1.807, 2.05) is 65.6 Å². The van der Waals surface area contributed by atoms with E-state index in [1.54, 1.807) is 4.90 Å². The van der Waals surface area contributed by atoms with Crippen LogP contribution in [-0.2, 0) is 0 Å². The molecule has 1 aliphatic rings. The van der Waals surface area contributed by atoms with Gasteiger partial charge in [-0.25, -0.2) is 0 Å². The van der Waals surface area contributed by atoms with Crippen LogP contribution >= 0.6 is 0 Å². The van der Waals surface area contributed by atoms with Crippen LogP contribution in [0.4, 0.5) is 36.4 Å². The Bertz CT molecular complexity index is 942. The molecule has 0 bridgehead atoms. The predicted octanol–water partition coefficient (Wildman–Crippen LogP) is 2.67. The molecule has 10 heteroatoms. The van der Waals surface area contributed by atoms with E-state index in [2.05, 4.69) is 20.3 Å². The molecule has 1 saturated heterocycles. The highest BCUT2D eigenvalue weighted by molar-refractivity contribution is 5.72.